The maximum Gasteiger partial charge on any atom is 0.335 e. The topological polar surface area (TPSA) is 75.6 Å². The Bertz CT molecular complexity index is 670. The van der Waals surface area contributed by atoms with Crippen molar-refractivity contribution in [2.24, 2.45) is 0 Å². The number of hydrogen-bond acceptors (Lipinski definition) is 3. The lowest BCUT2D eigenvalue weighted by atomic mass is 10.2. The van der Waals surface area contributed by atoms with Crippen molar-refractivity contribution in [1.82, 2.24) is 5.32 Å². The molecule has 0 aliphatic carbocycles. The third-order valence-corrected chi connectivity index (χ3v) is 3.08. The summed E-state index contributed by atoms with van der Waals surface area (Å²) in [6, 6.07) is 12.7. The van der Waals surface area contributed by atoms with Crippen molar-refractivity contribution in [3.05, 3.63) is 64.7 Å². The second-order valence-corrected chi connectivity index (χ2v) is 4.88. The van der Waals surface area contributed by atoms with Gasteiger partial charge in [0.15, 0.2) is 0 Å². The highest BCUT2D eigenvalue weighted by molar-refractivity contribution is 6.30. The number of amides is 1. The maximum absolute atomic E-state index is 11.8. The summed E-state index contributed by atoms with van der Waals surface area (Å²) in [5, 5.41) is 12.0. The molecule has 1 amide bonds. The molecule has 0 aliphatic rings. The minimum Gasteiger partial charge on any atom is -0.492 e. The van der Waals surface area contributed by atoms with E-state index in [2.05, 4.69) is 5.32 Å². The standard InChI is InChI=1S/C16H14ClNO4/c17-13-3-1-2-12(10-13)15(19)18-8-9-22-14-6-4-11(5-7-14)16(20)21/h1-7,10H,8-9H2,(H,18,19)(H,20,21). The molecule has 0 aromatic heterocycles. The lowest BCUT2D eigenvalue weighted by Gasteiger charge is -2.08. The highest BCUT2D eigenvalue weighted by atomic mass is 35.5. The van der Waals surface area contributed by atoms with Crippen LogP contribution in [-0.2, 0) is 0 Å². The summed E-state index contributed by atoms with van der Waals surface area (Å²) in [6.07, 6.45) is 0. The highest BCUT2D eigenvalue weighted by Gasteiger charge is 2.05. The SMILES string of the molecule is O=C(O)c1ccc(OCCNC(=O)c2cccc(Cl)c2)cc1. The monoisotopic (exact) mass is 319 g/mol. The summed E-state index contributed by atoms with van der Waals surface area (Å²) in [7, 11) is 0. The molecule has 5 nitrogen and oxygen atoms in total. The predicted octanol–water partition coefficient (Wildman–Crippen LogP) is 2.85. The highest BCUT2D eigenvalue weighted by Crippen LogP contribution is 2.12. The summed E-state index contributed by atoms with van der Waals surface area (Å²) in [5.74, 6) is -0.672. The Labute approximate surface area is 132 Å². The molecule has 0 saturated carbocycles. The summed E-state index contributed by atoms with van der Waals surface area (Å²) < 4.78 is 5.42. The first kappa shape index (κ1) is 15.9. The van der Waals surface area contributed by atoms with Gasteiger partial charge in [-0.25, -0.2) is 4.79 Å². The van der Waals surface area contributed by atoms with Gasteiger partial charge >= 0.3 is 5.97 Å². The van der Waals surface area contributed by atoms with Gasteiger partial charge in [-0.1, -0.05) is 17.7 Å². The third kappa shape index (κ3) is 4.49. The van der Waals surface area contributed by atoms with Crippen LogP contribution < -0.4 is 10.1 Å². The van der Waals surface area contributed by atoms with Gasteiger partial charge in [0.2, 0.25) is 0 Å². The van der Waals surface area contributed by atoms with Crippen LogP contribution in [0.2, 0.25) is 5.02 Å². The fourth-order valence-corrected chi connectivity index (χ4v) is 1.95. The number of carbonyl (C=O) groups is 2. The van der Waals surface area contributed by atoms with Gasteiger partial charge in [0, 0.05) is 10.6 Å². The largest absolute Gasteiger partial charge is 0.492 e. The molecule has 6 heteroatoms. The zero-order valence-electron chi connectivity index (χ0n) is 11.6. The quantitative estimate of drug-likeness (QED) is 0.803. The van der Waals surface area contributed by atoms with Crippen LogP contribution in [0, 0.1) is 0 Å². The van der Waals surface area contributed by atoms with Crippen molar-refractivity contribution in [1.29, 1.82) is 0 Å². The second kappa shape index (κ2) is 7.47. The molecule has 0 fully saturated rings. The number of ether oxygens (including phenoxy) is 1. The van der Waals surface area contributed by atoms with Crippen LogP contribution in [0.25, 0.3) is 0 Å². The van der Waals surface area contributed by atoms with E-state index >= 15 is 0 Å². The van der Waals surface area contributed by atoms with E-state index in [1.807, 2.05) is 0 Å². The number of nitrogens with one attached hydrogen (secondary N) is 1. The number of benzene rings is 2. The molecule has 2 aromatic rings. The van der Waals surface area contributed by atoms with Gasteiger partial charge in [0.05, 0.1) is 12.1 Å². The van der Waals surface area contributed by atoms with Crippen molar-refractivity contribution >= 4 is 23.5 Å². The van der Waals surface area contributed by atoms with Crippen LogP contribution in [0.5, 0.6) is 5.75 Å². The van der Waals surface area contributed by atoms with E-state index in [4.69, 9.17) is 21.4 Å². The Morgan fingerprint density at radius 2 is 1.82 bits per heavy atom. The molecular formula is C16H14ClNO4. The van der Waals surface area contributed by atoms with E-state index in [1.54, 1.807) is 36.4 Å². The van der Waals surface area contributed by atoms with Crippen LogP contribution in [0.3, 0.4) is 0 Å². The third-order valence-electron chi connectivity index (χ3n) is 2.84. The molecular weight excluding hydrogens is 306 g/mol. The van der Waals surface area contributed by atoms with Gasteiger partial charge in [-0.05, 0) is 42.5 Å². The van der Waals surface area contributed by atoms with E-state index in [-0.39, 0.29) is 18.1 Å². The number of rotatable bonds is 6. The molecule has 2 aromatic carbocycles. The second-order valence-electron chi connectivity index (χ2n) is 4.44. The van der Waals surface area contributed by atoms with E-state index < -0.39 is 5.97 Å². The zero-order chi connectivity index (χ0) is 15.9. The number of halogens is 1. The molecule has 0 heterocycles. The Hall–Kier alpha value is -2.53. The normalized spacial score (nSPS) is 10.0. The fraction of sp³-hybridized carbons (Fsp3) is 0.125. The van der Waals surface area contributed by atoms with Crippen LogP contribution >= 0.6 is 11.6 Å². The zero-order valence-corrected chi connectivity index (χ0v) is 12.3. The van der Waals surface area contributed by atoms with Gasteiger partial charge in [-0.3, -0.25) is 4.79 Å². The molecule has 0 saturated heterocycles. The van der Waals surface area contributed by atoms with Gasteiger partial charge in [0.25, 0.3) is 5.91 Å². The minimum atomic E-state index is -0.986. The molecule has 0 bridgehead atoms. The molecule has 114 valence electrons. The number of carboxylic acid groups (broad SMARTS) is 1. The minimum absolute atomic E-state index is 0.196. The van der Waals surface area contributed by atoms with Gasteiger partial charge in [-0.2, -0.15) is 0 Å². The van der Waals surface area contributed by atoms with Crippen LogP contribution in [0.15, 0.2) is 48.5 Å². The van der Waals surface area contributed by atoms with Gasteiger partial charge in [0.1, 0.15) is 12.4 Å². The predicted molar refractivity (Wildman–Crippen MR) is 82.7 cm³/mol. The molecule has 2 rings (SSSR count). The van der Waals surface area contributed by atoms with Crippen molar-refractivity contribution < 1.29 is 19.4 Å². The van der Waals surface area contributed by atoms with E-state index in [0.717, 1.165) is 0 Å². The molecule has 0 atom stereocenters. The lowest BCUT2D eigenvalue weighted by molar-refractivity contribution is 0.0696. The number of hydrogen-bond donors (Lipinski definition) is 2. The van der Waals surface area contributed by atoms with Crippen LogP contribution in [-0.4, -0.2) is 30.1 Å². The summed E-state index contributed by atoms with van der Waals surface area (Å²) in [6.45, 7) is 0.602. The van der Waals surface area contributed by atoms with E-state index in [1.165, 1.54) is 12.1 Å². The molecule has 22 heavy (non-hydrogen) atoms. The summed E-state index contributed by atoms with van der Waals surface area (Å²) in [4.78, 5) is 22.5. The van der Waals surface area contributed by atoms with Crippen molar-refractivity contribution in [2.45, 2.75) is 0 Å². The average molecular weight is 320 g/mol. The number of carboxylic acids is 1. The van der Waals surface area contributed by atoms with Gasteiger partial charge in [-0.15, -0.1) is 0 Å². The fourth-order valence-electron chi connectivity index (χ4n) is 1.76. The number of carbonyl (C=O) groups excluding carboxylic acids is 1. The Balaban J connectivity index is 1.77. The Kier molecular flexibility index (Phi) is 5.38. The Morgan fingerprint density at radius 3 is 2.45 bits per heavy atom. The van der Waals surface area contributed by atoms with Crippen LogP contribution in [0.4, 0.5) is 0 Å². The maximum atomic E-state index is 11.8. The van der Waals surface area contributed by atoms with Crippen LogP contribution in [0.1, 0.15) is 20.7 Å². The molecule has 2 N–H and O–H groups in total. The first-order valence-corrected chi connectivity index (χ1v) is 6.94. The van der Waals surface area contributed by atoms with Crippen molar-refractivity contribution in [3.8, 4) is 5.75 Å². The lowest BCUT2D eigenvalue weighted by Crippen LogP contribution is -2.28. The van der Waals surface area contributed by atoms with Crippen molar-refractivity contribution in [3.63, 3.8) is 0 Å². The molecule has 0 radical (unpaired) electrons. The number of aromatic carboxylic acids is 1. The molecule has 0 spiro atoms. The van der Waals surface area contributed by atoms with E-state index in [9.17, 15) is 9.59 Å². The summed E-state index contributed by atoms with van der Waals surface area (Å²) >= 11 is 5.82. The summed E-state index contributed by atoms with van der Waals surface area (Å²) in [5.41, 5.74) is 0.680. The Morgan fingerprint density at radius 1 is 1.09 bits per heavy atom. The van der Waals surface area contributed by atoms with Gasteiger partial charge < -0.3 is 15.2 Å². The molecule has 0 unspecified atom stereocenters. The average Bonchev–Trinajstić information content (AvgIpc) is 2.51. The first-order valence-electron chi connectivity index (χ1n) is 6.56. The smallest absolute Gasteiger partial charge is 0.335 e. The van der Waals surface area contributed by atoms with E-state index in [0.29, 0.717) is 22.9 Å². The van der Waals surface area contributed by atoms with Crippen molar-refractivity contribution in [2.75, 3.05) is 13.2 Å². The molecule has 0 aliphatic heterocycles. The first-order chi connectivity index (χ1) is 10.6.